The summed E-state index contributed by atoms with van der Waals surface area (Å²) in [6, 6.07) is 6.09. The van der Waals surface area contributed by atoms with Crippen molar-refractivity contribution in [2.75, 3.05) is 0 Å². The van der Waals surface area contributed by atoms with Crippen LogP contribution in [0, 0.1) is 0 Å². The Labute approximate surface area is 220 Å². The number of hydrogen-bond acceptors (Lipinski definition) is 4. The first-order valence-corrected chi connectivity index (χ1v) is 13.9. The second-order valence-corrected chi connectivity index (χ2v) is 10.8. The first-order valence-electron chi connectivity index (χ1n) is 12.5. The maximum absolute atomic E-state index is 11.8. The molecule has 180 valence electrons. The van der Waals surface area contributed by atoms with Gasteiger partial charge in [-0.15, -0.1) is 0 Å². The van der Waals surface area contributed by atoms with Crippen LogP contribution in [0.25, 0.3) is 0 Å². The molecule has 0 aliphatic carbocycles. The average Bonchev–Trinajstić information content (AvgIpc) is 2.72. The Morgan fingerprint density at radius 2 is 1.16 bits per heavy atom. The molecule has 0 radical (unpaired) electrons. The first kappa shape index (κ1) is 31.9. The van der Waals surface area contributed by atoms with E-state index in [2.05, 4.69) is 19.9 Å². The monoisotopic (exact) mass is 476 g/mol. The van der Waals surface area contributed by atoms with E-state index in [1.54, 1.807) is 6.92 Å². The molecule has 1 unspecified atom stereocenters. The van der Waals surface area contributed by atoms with Crippen molar-refractivity contribution in [3.05, 3.63) is 29.3 Å². The van der Waals surface area contributed by atoms with Crippen molar-refractivity contribution >= 4 is 10.1 Å². The summed E-state index contributed by atoms with van der Waals surface area (Å²) >= 11 is 0. The summed E-state index contributed by atoms with van der Waals surface area (Å²) < 4.78 is 41.1. The molecule has 32 heavy (non-hydrogen) atoms. The van der Waals surface area contributed by atoms with Crippen LogP contribution >= 0.6 is 0 Å². The van der Waals surface area contributed by atoms with Crippen LogP contribution in [-0.4, -0.2) is 17.9 Å². The number of rotatable bonds is 18. The van der Waals surface area contributed by atoms with Crippen molar-refractivity contribution in [3.8, 4) is 5.75 Å². The molecule has 0 N–H and O–H groups in total. The van der Waals surface area contributed by atoms with Crippen molar-refractivity contribution in [2.24, 2.45) is 0 Å². The maximum atomic E-state index is 11.8. The quantitative estimate of drug-likeness (QED) is 0.177. The largest absolute Gasteiger partial charge is 1.00 e. The third-order valence-corrected chi connectivity index (χ3v) is 7.60. The van der Waals surface area contributed by atoms with Gasteiger partial charge in [0, 0.05) is 0 Å². The van der Waals surface area contributed by atoms with Crippen LogP contribution in [0.2, 0.25) is 0 Å². The number of benzene rings is 1. The van der Waals surface area contributed by atoms with Gasteiger partial charge in [-0.25, -0.2) is 8.42 Å². The molecule has 0 bridgehead atoms. The van der Waals surface area contributed by atoms with Gasteiger partial charge in [0.25, 0.3) is 0 Å². The molecule has 6 heteroatoms. The molecular formula is C26H45NaO4S. The van der Waals surface area contributed by atoms with Crippen molar-refractivity contribution in [1.29, 1.82) is 0 Å². The van der Waals surface area contributed by atoms with Gasteiger partial charge in [0.05, 0.1) is 0 Å². The van der Waals surface area contributed by atoms with E-state index in [0.717, 1.165) is 25.7 Å². The third kappa shape index (κ3) is 12.4. The number of aryl methyl sites for hydroxylation is 2. The number of unbranched alkanes of at least 4 members (excludes halogenated alkanes) is 10. The van der Waals surface area contributed by atoms with E-state index in [9.17, 15) is 13.0 Å². The molecule has 1 aromatic rings. The number of hydrogen-bond donors (Lipinski definition) is 0. The second kappa shape index (κ2) is 17.4. The van der Waals surface area contributed by atoms with Gasteiger partial charge in [0.15, 0.2) is 4.93 Å². The minimum Gasteiger partial charge on any atom is -0.745 e. The van der Waals surface area contributed by atoms with E-state index in [1.807, 2.05) is 12.1 Å². The summed E-state index contributed by atoms with van der Waals surface area (Å²) in [4.78, 5) is -1.73. The van der Waals surface area contributed by atoms with Crippen molar-refractivity contribution in [1.82, 2.24) is 0 Å². The van der Waals surface area contributed by atoms with Crippen LogP contribution in [0.3, 0.4) is 0 Å². The maximum Gasteiger partial charge on any atom is 1.00 e. The fraction of sp³-hybridized carbons (Fsp3) is 0.769. The van der Waals surface area contributed by atoms with Gasteiger partial charge in [-0.2, -0.15) is 0 Å². The molecule has 0 saturated carbocycles. The average molecular weight is 477 g/mol. The Kier molecular flexibility index (Phi) is 17.3. The van der Waals surface area contributed by atoms with Gasteiger partial charge in [0.2, 0.25) is 0 Å². The van der Waals surface area contributed by atoms with E-state index in [0.29, 0.717) is 5.75 Å². The molecular weight excluding hydrogens is 431 g/mol. The van der Waals surface area contributed by atoms with Crippen LogP contribution in [0.1, 0.15) is 122 Å². The Hall–Kier alpha value is -0.0700. The zero-order valence-corrected chi connectivity index (χ0v) is 24.2. The Bertz CT molecular complexity index is 686. The summed E-state index contributed by atoms with van der Waals surface area (Å²) in [6.45, 7) is 7.50. The molecule has 1 aromatic carbocycles. The van der Waals surface area contributed by atoms with Gasteiger partial charge < -0.3 is 9.29 Å². The Balaban J connectivity index is 0.00000961. The Morgan fingerprint density at radius 3 is 1.53 bits per heavy atom. The zero-order chi connectivity index (χ0) is 23.2. The smallest absolute Gasteiger partial charge is 0.745 e. The fourth-order valence-electron chi connectivity index (χ4n) is 3.84. The predicted molar refractivity (Wildman–Crippen MR) is 130 cm³/mol. The van der Waals surface area contributed by atoms with Crippen molar-refractivity contribution in [2.45, 2.75) is 129 Å². The van der Waals surface area contributed by atoms with Gasteiger partial charge >= 0.3 is 29.6 Å². The van der Waals surface area contributed by atoms with Crippen molar-refractivity contribution < 1.29 is 47.3 Å². The van der Waals surface area contributed by atoms with Crippen LogP contribution < -0.4 is 34.3 Å². The van der Waals surface area contributed by atoms with Gasteiger partial charge in [-0.05, 0) is 62.3 Å². The van der Waals surface area contributed by atoms with Gasteiger partial charge in [0.1, 0.15) is 15.9 Å². The van der Waals surface area contributed by atoms with E-state index in [4.69, 9.17) is 4.74 Å². The molecule has 4 nitrogen and oxygen atoms in total. The van der Waals surface area contributed by atoms with Gasteiger partial charge in [-0.1, -0.05) is 91.0 Å². The van der Waals surface area contributed by atoms with Crippen LogP contribution in [0.4, 0.5) is 0 Å². The molecule has 0 saturated heterocycles. The fourth-order valence-corrected chi connectivity index (χ4v) is 4.40. The van der Waals surface area contributed by atoms with Crippen molar-refractivity contribution in [3.63, 3.8) is 0 Å². The Morgan fingerprint density at radius 1 is 0.750 bits per heavy atom. The normalized spacial score (nSPS) is 13.4. The summed E-state index contributed by atoms with van der Waals surface area (Å²) in [7, 11) is -4.57. The zero-order valence-electron chi connectivity index (χ0n) is 21.4. The van der Waals surface area contributed by atoms with E-state index >= 15 is 0 Å². The molecule has 0 aromatic heterocycles. The first-order chi connectivity index (χ1) is 14.8. The molecule has 0 heterocycles. The molecule has 0 amide bonds. The predicted octanol–water partition coefficient (Wildman–Crippen LogP) is 4.55. The summed E-state index contributed by atoms with van der Waals surface area (Å²) in [5.74, 6) is 0.508. The molecule has 0 fully saturated rings. The van der Waals surface area contributed by atoms with E-state index in [1.165, 1.54) is 82.3 Å². The molecule has 1 atom stereocenters. The molecule has 0 aliphatic rings. The minimum absolute atomic E-state index is 0. The molecule has 1 rings (SSSR count). The van der Waals surface area contributed by atoms with Crippen LogP contribution in [-0.2, 0) is 23.0 Å². The third-order valence-electron chi connectivity index (χ3n) is 6.17. The minimum atomic E-state index is -4.57. The van der Waals surface area contributed by atoms with Gasteiger partial charge in [-0.3, -0.25) is 0 Å². The molecule has 0 aliphatic heterocycles. The molecule has 0 spiro atoms. The number of ether oxygens (including phenoxy) is 1. The van der Waals surface area contributed by atoms with Crippen LogP contribution in [0.15, 0.2) is 18.2 Å². The summed E-state index contributed by atoms with van der Waals surface area (Å²) in [5.41, 5.74) is 2.35. The summed E-state index contributed by atoms with van der Waals surface area (Å²) in [6.07, 6.45) is 16.9. The second-order valence-electron chi connectivity index (χ2n) is 9.06. The summed E-state index contributed by atoms with van der Waals surface area (Å²) in [5, 5.41) is 0. The topological polar surface area (TPSA) is 66.4 Å². The van der Waals surface area contributed by atoms with Crippen LogP contribution in [0.5, 0.6) is 5.75 Å². The standard InChI is InChI=1S/C26H46O4S.Na/c1-5-8-10-12-14-16-18-23-20-24(19-17-15-13-11-9-6-2)22-25(21-23)30-26(4,7-3)31(27,28)29;/h20-22H,5-19H2,1-4H3,(H,27,28,29);/q;+1/p-1. The SMILES string of the molecule is CCCCCCCCc1cc(CCCCCCCC)cc(OC(C)(CC)S(=O)(=O)[O-])c1.[Na+]. The van der Waals surface area contributed by atoms with E-state index < -0.39 is 15.1 Å². The van der Waals surface area contributed by atoms with E-state index in [-0.39, 0.29) is 36.0 Å².